The van der Waals surface area contributed by atoms with Crippen molar-refractivity contribution in [1.82, 2.24) is 4.98 Å². The van der Waals surface area contributed by atoms with Gasteiger partial charge in [0, 0.05) is 16.4 Å². The molecular formula is C15H17NOS. The Kier molecular flexibility index (Phi) is 3.62. The summed E-state index contributed by atoms with van der Waals surface area (Å²) in [6, 6.07) is 10.1. The molecule has 1 aromatic heterocycles. The van der Waals surface area contributed by atoms with Crippen LogP contribution in [0.4, 0.5) is 0 Å². The van der Waals surface area contributed by atoms with Crippen LogP contribution >= 0.6 is 11.3 Å². The van der Waals surface area contributed by atoms with Gasteiger partial charge in [-0.2, -0.15) is 0 Å². The zero-order chi connectivity index (χ0) is 13.2. The first-order valence-corrected chi connectivity index (χ1v) is 6.88. The summed E-state index contributed by atoms with van der Waals surface area (Å²) < 4.78 is 0. The van der Waals surface area contributed by atoms with Gasteiger partial charge in [-0.3, -0.25) is 4.79 Å². The van der Waals surface area contributed by atoms with Crippen LogP contribution in [0.5, 0.6) is 0 Å². The second kappa shape index (κ2) is 5.02. The van der Waals surface area contributed by atoms with Crippen LogP contribution < -0.4 is 0 Å². The van der Waals surface area contributed by atoms with Gasteiger partial charge in [-0.25, -0.2) is 4.98 Å². The smallest absolute Gasteiger partial charge is 0.144 e. The summed E-state index contributed by atoms with van der Waals surface area (Å²) in [7, 11) is 0. The first-order chi connectivity index (χ1) is 8.47. The predicted octanol–water partition coefficient (Wildman–Crippen LogP) is 3.97. The molecule has 94 valence electrons. The summed E-state index contributed by atoms with van der Waals surface area (Å²) in [5.74, 6) is 0.229. The molecule has 0 saturated heterocycles. The van der Waals surface area contributed by atoms with Crippen molar-refractivity contribution in [3.8, 4) is 10.6 Å². The maximum Gasteiger partial charge on any atom is 0.144 e. The third kappa shape index (κ3) is 3.05. The average molecular weight is 259 g/mol. The third-order valence-corrected chi connectivity index (χ3v) is 3.69. The normalized spacial score (nSPS) is 11.5. The molecule has 0 aliphatic heterocycles. The van der Waals surface area contributed by atoms with Gasteiger partial charge in [0.1, 0.15) is 10.8 Å². The number of nitrogens with zero attached hydrogens (tertiary/aromatic N) is 1. The number of rotatable bonds is 3. The molecule has 2 aromatic rings. The van der Waals surface area contributed by atoms with E-state index in [1.807, 2.05) is 56.5 Å². The largest absolute Gasteiger partial charge is 0.299 e. The lowest BCUT2D eigenvalue weighted by Gasteiger charge is -2.15. The maximum absolute atomic E-state index is 11.9. The molecular weight excluding hydrogens is 242 g/mol. The molecule has 0 N–H and O–H groups in total. The Labute approximate surface area is 112 Å². The van der Waals surface area contributed by atoms with Gasteiger partial charge in [-0.05, 0) is 0 Å². The Hall–Kier alpha value is -1.48. The second-order valence-electron chi connectivity index (χ2n) is 5.36. The summed E-state index contributed by atoms with van der Waals surface area (Å²) in [6.45, 7) is 5.83. The van der Waals surface area contributed by atoms with Crippen molar-refractivity contribution in [3.63, 3.8) is 0 Å². The van der Waals surface area contributed by atoms with E-state index in [-0.39, 0.29) is 11.2 Å². The highest BCUT2D eigenvalue weighted by Gasteiger charge is 2.22. The lowest BCUT2D eigenvalue weighted by molar-refractivity contribution is -0.125. The molecule has 0 fully saturated rings. The molecule has 2 nitrogen and oxygen atoms in total. The lowest BCUT2D eigenvalue weighted by Crippen LogP contribution is -2.22. The van der Waals surface area contributed by atoms with Crippen LogP contribution in [0.3, 0.4) is 0 Å². The van der Waals surface area contributed by atoms with Crippen LogP contribution in [0, 0.1) is 5.41 Å². The van der Waals surface area contributed by atoms with Gasteiger partial charge in [0.25, 0.3) is 0 Å². The maximum atomic E-state index is 11.9. The minimum atomic E-state index is -0.295. The lowest BCUT2D eigenvalue weighted by atomic mass is 9.88. The Balaban J connectivity index is 2.15. The number of thiazole rings is 1. The van der Waals surface area contributed by atoms with E-state index in [2.05, 4.69) is 4.98 Å². The first kappa shape index (κ1) is 13.0. The Bertz CT molecular complexity index is 537. The SMILES string of the molecule is CC(C)(C)C(=O)Cc1csc(-c2ccccc2)n1. The average Bonchev–Trinajstić information content (AvgIpc) is 2.77. The minimum absolute atomic E-state index is 0.229. The van der Waals surface area contributed by atoms with Crippen LogP contribution in [0.1, 0.15) is 26.5 Å². The number of hydrogen-bond donors (Lipinski definition) is 0. The highest BCUT2D eigenvalue weighted by Crippen LogP contribution is 2.25. The van der Waals surface area contributed by atoms with Gasteiger partial charge in [0.05, 0.1) is 12.1 Å². The van der Waals surface area contributed by atoms with Gasteiger partial charge in [0.2, 0.25) is 0 Å². The molecule has 0 unspecified atom stereocenters. The molecule has 0 aliphatic rings. The van der Waals surface area contributed by atoms with Crippen molar-refractivity contribution in [1.29, 1.82) is 0 Å². The summed E-state index contributed by atoms with van der Waals surface area (Å²) in [4.78, 5) is 16.5. The van der Waals surface area contributed by atoms with Crippen LogP contribution in [0.15, 0.2) is 35.7 Å². The summed E-state index contributed by atoms with van der Waals surface area (Å²) in [5.41, 5.74) is 1.69. The van der Waals surface area contributed by atoms with Crippen molar-refractivity contribution >= 4 is 17.1 Å². The number of ketones is 1. The van der Waals surface area contributed by atoms with Crippen molar-refractivity contribution in [3.05, 3.63) is 41.4 Å². The fraction of sp³-hybridized carbons (Fsp3) is 0.333. The third-order valence-electron chi connectivity index (χ3n) is 2.75. The van der Waals surface area contributed by atoms with Gasteiger partial charge < -0.3 is 0 Å². The van der Waals surface area contributed by atoms with E-state index in [0.29, 0.717) is 6.42 Å². The molecule has 0 atom stereocenters. The van der Waals surface area contributed by atoms with Gasteiger partial charge in [-0.15, -0.1) is 11.3 Å². The molecule has 18 heavy (non-hydrogen) atoms. The van der Waals surface area contributed by atoms with Gasteiger partial charge in [0.15, 0.2) is 0 Å². The van der Waals surface area contributed by atoms with Gasteiger partial charge >= 0.3 is 0 Å². The monoisotopic (exact) mass is 259 g/mol. The van der Waals surface area contributed by atoms with Crippen LogP contribution in [0.2, 0.25) is 0 Å². The molecule has 0 aliphatic carbocycles. The molecule has 0 radical (unpaired) electrons. The molecule has 0 bridgehead atoms. The minimum Gasteiger partial charge on any atom is -0.299 e. The summed E-state index contributed by atoms with van der Waals surface area (Å²) in [6.07, 6.45) is 0.423. The topological polar surface area (TPSA) is 30.0 Å². The van der Waals surface area contributed by atoms with E-state index >= 15 is 0 Å². The van der Waals surface area contributed by atoms with E-state index in [9.17, 15) is 4.79 Å². The molecule has 0 amide bonds. The Morgan fingerprint density at radius 3 is 2.50 bits per heavy atom. The number of hydrogen-bond acceptors (Lipinski definition) is 3. The standard InChI is InChI=1S/C15H17NOS/c1-15(2,3)13(17)9-12-10-18-14(16-12)11-7-5-4-6-8-11/h4-8,10H,9H2,1-3H3. The van der Waals surface area contributed by atoms with Crippen molar-refractivity contribution in [2.45, 2.75) is 27.2 Å². The molecule has 0 saturated carbocycles. The number of aromatic nitrogens is 1. The molecule has 1 aromatic carbocycles. The Morgan fingerprint density at radius 1 is 1.22 bits per heavy atom. The number of carbonyl (C=O) groups is 1. The van der Waals surface area contributed by atoms with E-state index in [0.717, 1.165) is 16.3 Å². The quantitative estimate of drug-likeness (QED) is 0.835. The van der Waals surface area contributed by atoms with E-state index in [1.54, 1.807) is 11.3 Å². The zero-order valence-electron chi connectivity index (χ0n) is 10.9. The summed E-state index contributed by atoms with van der Waals surface area (Å²) >= 11 is 1.59. The molecule has 1 heterocycles. The number of benzene rings is 1. The number of carbonyl (C=O) groups excluding carboxylic acids is 1. The second-order valence-corrected chi connectivity index (χ2v) is 6.22. The summed E-state index contributed by atoms with van der Waals surface area (Å²) in [5, 5.41) is 2.96. The van der Waals surface area contributed by atoms with Crippen molar-refractivity contribution in [2.24, 2.45) is 5.41 Å². The van der Waals surface area contributed by atoms with Crippen LogP contribution in [-0.4, -0.2) is 10.8 Å². The van der Waals surface area contributed by atoms with E-state index in [4.69, 9.17) is 0 Å². The molecule has 2 rings (SSSR count). The zero-order valence-corrected chi connectivity index (χ0v) is 11.8. The molecule has 3 heteroatoms. The van der Waals surface area contributed by atoms with E-state index in [1.165, 1.54) is 0 Å². The van der Waals surface area contributed by atoms with Gasteiger partial charge in [-0.1, -0.05) is 51.1 Å². The number of Topliss-reactive ketones (excluding diaryl/α,β-unsaturated/α-hetero) is 1. The highest BCUT2D eigenvalue weighted by molar-refractivity contribution is 7.13. The van der Waals surface area contributed by atoms with Crippen molar-refractivity contribution in [2.75, 3.05) is 0 Å². The van der Waals surface area contributed by atoms with E-state index < -0.39 is 0 Å². The molecule has 0 spiro atoms. The first-order valence-electron chi connectivity index (χ1n) is 6.00. The Morgan fingerprint density at radius 2 is 1.89 bits per heavy atom. The van der Waals surface area contributed by atoms with Crippen LogP contribution in [-0.2, 0) is 11.2 Å². The van der Waals surface area contributed by atoms with Crippen LogP contribution in [0.25, 0.3) is 10.6 Å². The predicted molar refractivity (Wildman–Crippen MR) is 75.7 cm³/mol. The highest BCUT2D eigenvalue weighted by atomic mass is 32.1. The fourth-order valence-corrected chi connectivity index (χ4v) is 2.36. The fourth-order valence-electron chi connectivity index (χ4n) is 1.53. The van der Waals surface area contributed by atoms with Crippen molar-refractivity contribution < 1.29 is 4.79 Å².